The van der Waals surface area contributed by atoms with Crippen molar-refractivity contribution >= 4 is 0 Å². The largest absolute Gasteiger partial charge is 0.371 e. The minimum Gasteiger partial charge on any atom is -0.371 e. The van der Waals surface area contributed by atoms with Crippen LogP contribution in [-0.4, -0.2) is 50.1 Å². The number of halogens is 7. The van der Waals surface area contributed by atoms with Crippen molar-refractivity contribution in [1.29, 1.82) is 0 Å². The van der Waals surface area contributed by atoms with Gasteiger partial charge in [0.25, 0.3) is 0 Å². The molecule has 1 atom stereocenters. The standard InChI is InChI=1S/C13H20F7NO/c1-10(2,7-21(4)5)11(3,22-6)13(19,20)12(17,18)8(14)9(15)16/h7H2,1-6H3. The molecule has 0 spiro atoms. The van der Waals surface area contributed by atoms with Crippen molar-refractivity contribution in [3.05, 3.63) is 11.9 Å². The Hall–Kier alpha value is -0.830. The minimum atomic E-state index is -5.71. The van der Waals surface area contributed by atoms with Crippen molar-refractivity contribution in [1.82, 2.24) is 4.90 Å². The lowest BCUT2D eigenvalue weighted by molar-refractivity contribution is -0.314. The first-order chi connectivity index (χ1) is 9.58. The lowest BCUT2D eigenvalue weighted by Crippen LogP contribution is -2.66. The molecule has 0 aliphatic heterocycles. The Labute approximate surface area is 124 Å². The molecule has 9 heteroatoms. The van der Waals surface area contributed by atoms with Crippen LogP contribution in [0.15, 0.2) is 11.9 Å². The average molecular weight is 339 g/mol. The number of rotatable bonds is 7. The van der Waals surface area contributed by atoms with Crippen LogP contribution in [0.2, 0.25) is 0 Å². The molecule has 0 aliphatic carbocycles. The van der Waals surface area contributed by atoms with Gasteiger partial charge in [-0.15, -0.1) is 0 Å². The van der Waals surface area contributed by atoms with E-state index in [0.717, 1.165) is 7.11 Å². The maximum absolute atomic E-state index is 14.3. The molecule has 0 fully saturated rings. The summed E-state index contributed by atoms with van der Waals surface area (Å²) in [6, 6.07) is 0. The predicted octanol–water partition coefficient (Wildman–Crippen LogP) is 4.33. The summed E-state index contributed by atoms with van der Waals surface area (Å²) in [5.41, 5.74) is -4.54. The van der Waals surface area contributed by atoms with Crippen LogP contribution in [-0.2, 0) is 4.74 Å². The van der Waals surface area contributed by atoms with E-state index in [4.69, 9.17) is 0 Å². The van der Waals surface area contributed by atoms with Gasteiger partial charge in [-0.05, 0) is 21.0 Å². The zero-order valence-corrected chi connectivity index (χ0v) is 13.2. The average Bonchev–Trinajstić information content (AvgIpc) is 2.34. The third-order valence-electron chi connectivity index (χ3n) is 3.85. The van der Waals surface area contributed by atoms with Crippen molar-refractivity contribution in [2.75, 3.05) is 27.7 Å². The van der Waals surface area contributed by atoms with E-state index in [0.29, 0.717) is 6.92 Å². The Morgan fingerprint density at radius 3 is 1.64 bits per heavy atom. The Morgan fingerprint density at radius 2 is 1.36 bits per heavy atom. The minimum absolute atomic E-state index is 0.132. The van der Waals surface area contributed by atoms with E-state index in [9.17, 15) is 30.7 Å². The predicted molar refractivity (Wildman–Crippen MR) is 68.0 cm³/mol. The molecule has 0 rings (SSSR count). The number of allylic oxidation sites excluding steroid dienone is 1. The highest BCUT2D eigenvalue weighted by Crippen LogP contribution is 2.55. The molecule has 0 aliphatic rings. The van der Waals surface area contributed by atoms with Crippen molar-refractivity contribution in [3.63, 3.8) is 0 Å². The molecule has 1 unspecified atom stereocenters. The van der Waals surface area contributed by atoms with Gasteiger partial charge in [-0.3, -0.25) is 0 Å². The highest BCUT2D eigenvalue weighted by Gasteiger charge is 2.74. The second-order valence-electron chi connectivity index (χ2n) is 6.08. The molecule has 0 saturated heterocycles. The number of hydrogen-bond donors (Lipinski definition) is 0. The highest BCUT2D eigenvalue weighted by atomic mass is 19.3. The summed E-state index contributed by atoms with van der Waals surface area (Å²) in [5, 5.41) is 0. The summed E-state index contributed by atoms with van der Waals surface area (Å²) in [5.74, 6) is -14.4. The van der Waals surface area contributed by atoms with Gasteiger partial charge in [0.1, 0.15) is 5.60 Å². The van der Waals surface area contributed by atoms with Gasteiger partial charge in [-0.2, -0.15) is 30.7 Å². The van der Waals surface area contributed by atoms with Crippen molar-refractivity contribution < 1.29 is 35.5 Å². The molecule has 22 heavy (non-hydrogen) atoms. The number of hydrogen-bond acceptors (Lipinski definition) is 2. The molecule has 0 aromatic heterocycles. The lowest BCUT2D eigenvalue weighted by Gasteiger charge is -2.49. The fourth-order valence-electron chi connectivity index (χ4n) is 2.33. The molecule has 0 aromatic rings. The van der Waals surface area contributed by atoms with Gasteiger partial charge in [-0.1, -0.05) is 13.8 Å². The summed E-state index contributed by atoms with van der Waals surface area (Å²) in [7, 11) is 3.76. The number of ether oxygens (including phenoxy) is 1. The normalized spacial score (nSPS) is 16.6. The third kappa shape index (κ3) is 3.24. The van der Waals surface area contributed by atoms with Crippen LogP contribution in [0.1, 0.15) is 20.8 Å². The Morgan fingerprint density at radius 1 is 0.955 bits per heavy atom. The van der Waals surface area contributed by atoms with E-state index in [2.05, 4.69) is 4.74 Å². The molecular weight excluding hydrogens is 319 g/mol. The van der Waals surface area contributed by atoms with E-state index < -0.39 is 34.8 Å². The molecule has 0 bridgehead atoms. The Balaban J connectivity index is 6.16. The van der Waals surface area contributed by atoms with Crippen molar-refractivity contribution in [3.8, 4) is 0 Å². The van der Waals surface area contributed by atoms with Crippen LogP contribution < -0.4 is 0 Å². The topological polar surface area (TPSA) is 12.5 Å². The van der Waals surface area contributed by atoms with Crippen LogP contribution >= 0.6 is 0 Å². The second kappa shape index (κ2) is 6.35. The Kier molecular flexibility index (Phi) is 6.11. The molecule has 0 radical (unpaired) electrons. The van der Waals surface area contributed by atoms with Gasteiger partial charge in [0, 0.05) is 19.1 Å². The maximum atomic E-state index is 14.3. The number of nitrogens with zero attached hydrogens (tertiary/aromatic N) is 1. The van der Waals surface area contributed by atoms with Crippen LogP contribution in [0.4, 0.5) is 30.7 Å². The van der Waals surface area contributed by atoms with E-state index >= 15 is 0 Å². The Bertz CT molecular complexity index is 430. The summed E-state index contributed by atoms with van der Waals surface area (Å²) < 4.78 is 97.6. The van der Waals surface area contributed by atoms with Crippen LogP contribution in [0.25, 0.3) is 0 Å². The first kappa shape index (κ1) is 21.2. The highest BCUT2D eigenvalue weighted by molar-refractivity contribution is 5.18. The quantitative estimate of drug-likeness (QED) is 0.640. The molecule has 0 amide bonds. The first-order valence-electron chi connectivity index (χ1n) is 6.25. The number of methoxy groups -OCH3 is 1. The van der Waals surface area contributed by atoms with E-state index in [1.165, 1.54) is 32.8 Å². The van der Waals surface area contributed by atoms with Crippen LogP contribution in [0, 0.1) is 5.41 Å². The zero-order valence-electron chi connectivity index (χ0n) is 13.2. The van der Waals surface area contributed by atoms with Gasteiger partial charge in [-0.25, -0.2) is 0 Å². The number of alkyl halides is 4. The van der Waals surface area contributed by atoms with Crippen LogP contribution in [0.5, 0.6) is 0 Å². The summed E-state index contributed by atoms with van der Waals surface area (Å²) >= 11 is 0. The third-order valence-corrected chi connectivity index (χ3v) is 3.85. The fraction of sp³-hybridized carbons (Fsp3) is 0.846. The van der Waals surface area contributed by atoms with E-state index in [1.54, 1.807) is 0 Å². The van der Waals surface area contributed by atoms with E-state index in [-0.39, 0.29) is 6.54 Å². The van der Waals surface area contributed by atoms with Gasteiger partial charge in [0.05, 0.1) is 0 Å². The van der Waals surface area contributed by atoms with Gasteiger partial charge in [0.15, 0.2) is 0 Å². The van der Waals surface area contributed by atoms with Gasteiger partial charge < -0.3 is 9.64 Å². The monoisotopic (exact) mass is 339 g/mol. The molecular formula is C13H20F7NO. The zero-order chi connectivity index (χ0) is 18.1. The first-order valence-corrected chi connectivity index (χ1v) is 6.25. The van der Waals surface area contributed by atoms with E-state index in [1.807, 2.05) is 0 Å². The molecule has 132 valence electrons. The fourth-order valence-corrected chi connectivity index (χ4v) is 2.33. The second-order valence-corrected chi connectivity index (χ2v) is 6.08. The van der Waals surface area contributed by atoms with Gasteiger partial charge in [0.2, 0.25) is 5.83 Å². The SMILES string of the molecule is COC(C)(C(C)(C)CN(C)C)C(F)(F)C(F)(F)C(F)=C(F)F. The molecule has 0 heterocycles. The molecule has 0 N–H and O–H groups in total. The summed E-state index contributed by atoms with van der Waals surface area (Å²) in [4.78, 5) is 1.44. The van der Waals surface area contributed by atoms with Gasteiger partial charge >= 0.3 is 17.9 Å². The molecule has 0 aromatic carbocycles. The van der Waals surface area contributed by atoms with Crippen molar-refractivity contribution in [2.45, 2.75) is 38.2 Å². The maximum Gasteiger partial charge on any atom is 0.369 e. The van der Waals surface area contributed by atoms with Crippen molar-refractivity contribution in [2.24, 2.45) is 5.41 Å². The lowest BCUT2D eigenvalue weighted by atomic mass is 9.69. The smallest absolute Gasteiger partial charge is 0.369 e. The summed E-state index contributed by atoms with van der Waals surface area (Å²) in [6.07, 6.45) is -3.49. The molecule has 2 nitrogen and oxygen atoms in total. The van der Waals surface area contributed by atoms with Crippen LogP contribution in [0.3, 0.4) is 0 Å². The molecule has 0 saturated carbocycles. The summed E-state index contributed by atoms with van der Waals surface area (Å²) in [6.45, 7) is 2.92.